The highest BCUT2D eigenvalue weighted by Crippen LogP contribution is 2.36. The minimum absolute atomic E-state index is 0.214. The molecular formula is C22H25Br2NO2S. The number of benzene rings is 2. The molecule has 1 N–H and O–H groups in total. The van der Waals surface area contributed by atoms with Crippen LogP contribution in [0.3, 0.4) is 0 Å². The van der Waals surface area contributed by atoms with Crippen LogP contribution in [0, 0.1) is 0 Å². The van der Waals surface area contributed by atoms with Crippen molar-refractivity contribution in [1.82, 2.24) is 4.72 Å². The standard InChI is InChI=1S/C13H18BrNOS.C9H7BrO/c1-13(2,3)17(16)15-12-8-7-9-10(12)5-4-6-11(9)14;10-8-3-1-2-7-6(8)4-5-9(7)11/h4-6,12,15H,7-8H2,1-3H3;1-3H,4-5H2/t12-,17-;/m1./s1. The molecule has 2 aliphatic carbocycles. The number of carbonyl (C=O) groups is 1. The van der Waals surface area contributed by atoms with Gasteiger partial charge in [0.15, 0.2) is 5.78 Å². The topological polar surface area (TPSA) is 46.2 Å². The van der Waals surface area contributed by atoms with Gasteiger partial charge >= 0.3 is 0 Å². The number of fused-ring (bicyclic) bond motifs is 2. The molecule has 3 nitrogen and oxygen atoms in total. The lowest BCUT2D eigenvalue weighted by atomic mass is 10.1. The van der Waals surface area contributed by atoms with Crippen LogP contribution in [0.15, 0.2) is 45.3 Å². The van der Waals surface area contributed by atoms with Gasteiger partial charge in [0.05, 0.1) is 15.7 Å². The molecule has 0 aliphatic heterocycles. The van der Waals surface area contributed by atoms with E-state index < -0.39 is 11.0 Å². The van der Waals surface area contributed by atoms with Crippen LogP contribution in [0.2, 0.25) is 0 Å². The highest BCUT2D eigenvalue weighted by atomic mass is 79.9. The van der Waals surface area contributed by atoms with Crippen molar-refractivity contribution in [3.8, 4) is 0 Å². The predicted molar refractivity (Wildman–Crippen MR) is 123 cm³/mol. The van der Waals surface area contributed by atoms with Gasteiger partial charge in [-0.2, -0.15) is 0 Å². The van der Waals surface area contributed by atoms with Gasteiger partial charge in [-0.1, -0.05) is 56.1 Å². The van der Waals surface area contributed by atoms with E-state index >= 15 is 0 Å². The lowest BCUT2D eigenvalue weighted by Crippen LogP contribution is -2.35. The molecule has 6 heteroatoms. The van der Waals surface area contributed by atoms with Crippen LogP contribution in [0.4, 0.5) is 0 Å². The number of halogens is 2. The molecule has 0 fully saturated rings. The number of carbonyl (C=O) groups excluding carboxylic acids is 1. The maximum atomic E-state index is 12.1. The van der Waals surface area contributed by atoms with Gasteiger partial charge in [-0.05, 0) is 68.9 Å². The monoisotopic (exact) mass is 525 g/mol. The Morgan fingerprint density at radius 2 is 1.61 bits per heavy atom. The summed E-state index contributed by atoms with van der Waals surface area (Å²) in [6.45, 7) is 5.98. The van der Waals surface area contributed by atoms with E-state index in [2.05, 4.69) is 48.7 Å². The molecule has 0 radical (unpaired) electrons. The Bertz CT molecular complexity index is 921. The van der Waals surface area contributed by atoms with Gasteiger partial charge in [0.2, 0.25) is 0 Å². The minimum atomic E-state index is -1.01. The van der Waals surface area contributed by atoms with E-state index in [0.717, 1.165) is 29.3 Å². The minimum Gasteiger partial charge on any atom is -0.294 e. The lowest BCUT2D eigenvalue weighted by molar-refractivity contribution is 0.0994. The van der Waals surface area contributed by atoms with Gasteiger partial charge in [0, 0.05) is 27.0 Å². The molecular weight excluding hydrogens is 502 g/mol. The molecule has 0 aromatic heterocycles. The first-order chi connectivity index (χ1) is 13.2. The second-order valence-electron chi connectivity index (χ2n) is 8.09. The molecule has 0 saturated heterocycles. The van der Waals surface area contributed by atoms with Crippen molar-refractivity contribution in [1.29, 1.82) is 0 Å². The summed E-state index contributed by atoms with van der Waals surface area (Å²) < 4.78 is 17.4. The number of nitrogens with one attached hydrogen (secondary N) is 1. The smallest absolute Gasteiger partial charge is 0.163 e. The number of hydrogen-bond donors (Lipinski definition) is 1. The van der Waals surface area contributed by atoms with Gasteiger partial charge in [-0.25, -0.2) is 8.93 Å². The zero-order valence-corrected chi connectivity index (χ0v) is 20.3. The van der Waals surface area contributed by atoms with Crippen molar-refractivity contribution >= 4 is 48.6 Å². The maximum absolute atomic E-state index is 12.1. The Kier molecular flexibility index (Phi) is 6.96. The lowest BCUT2D eigenvalue weighted by Gasteiger charge is -2.22. The van der Waals surface area contributed by atoms with Crippen LogP contribution < -0.4 is 4.72 Å². The first kappa shape index (κ1) is 21.9. The van der Waals surface area contributed by atoms with Crippen molar-refractivity contribution in [3.63, 3.8) is 0 Å². The molecule has 28 heavy (non-hydrogen) atoms. The Labute approximate surface area is 186 Å². The molecule has 0 unspecified atom stereocenters. The van der Waals surface area contributed by atoms with Gasteiger partial charge < -0.3 is 0 Å². The average molecular weight is 527 g/mol. The third-order valence-electron chi connectivity index (χ3n) is 5.04. The van der Waals surface area contributed by atoms with Crippen molar-refractivity contribution in [3.05, 3.63) is 67.6 Å². The molecule has 0 spiro atoms. The number of hydrogen-bond acceptors (Lipinski definition) is 2. The molecule has 0 bridgehead atoms. The summed E-state index contributed by atoms with van der Waals surface area (Å²) in [5, 5.41) is 0. The Morgan fingerprint density at radius 3 is 2.25 bits per heavy atom. The highest BCUT2D eigenvalue weighted by molar-refractivity contribution is 9.10. The van der Waals surface area contributed by atoms with Crippen molar-refractivity contribution < 1.29 is 9.00 Å². The zero-order chi connectivity index (χ0) is 20.5. The van der Waals surface area contributed by atoms with Crippen LogP contribution in [-0.2, 0) is 23.8 Å². The maximum Gasteiger partial charge on any atom is 0.163 e. The molecule has 2 atom stereocenters. The molecule has 150 valence electrons. The van der Waals surface area contributed by atoms with Crippen LogP contribution in [-0.4, -0.2) is 14.7 Å². The summed E-state index contributed by atoms with van der Waals surface area (Å²) in [5.74, 6) is 0.279. The summed E-state index contributed by atoms with van der Waals surface area (Å²) in [6.07, 6.45) is 3.66. The number of ketones is 1. The Hall–Kier alpha value is -0.820. The third kappa shape index (κ3) is 4.84. The van der Waals surface area contributed by atoms with E-state index in [4.69, 9.17) is 0 Å². The van der Waals surface area contributed by atoms with Gasteiger partial charge in [0.1, 0.15) is 0 Å². The SMILES string of the molecule is CC(C)(C)[S@@](=O)N[C@@H]1CCc2c(Br)cccc21.O=C1CCc2c(Br)cccc21. The van der Waals surface area contributed by atoms with E-state index in [0.29, 0.717) is 6.42 Å². The molecule has 0 amide bonds. The average Bonchev–Trinajstić information content (AvgIpc) is 3.21. The summed E-state index contributed by atoms with van der Waals surface area (Å²) in [4.78, 5) is 11.2. The molecule has 0 saturated carbocycles. The Morgan fingerprint density at radius 1 is 0.964 bits per heavy atom. The third-order valence-corrected chi connectivity index (χ3v) is 8.14. The molecule has 2 aromatic rings. The summed E-state index contributed by atoms with van der Waals surface area (Å²) >= 11 is 7.00. The molecule has 2 aromatic carbocycles. The largest absolute Gasteiger partial charge is 0.294 e. The second-order valence-corrected chi connectivity index (χ2v) is 11.8. The van der Waals surface area contributed by atoms with E-state index in [9.17, 15) is 9.00 Å². The van der Waals surface area contributed by atoms with E-state index in [1.165, 1.54) is 21.2 Å². The highest BCUT2D eigenvalue weighted by Gasteiger charge is 2.28. The number of Topliss-reactive ketones (excluding diaryl/α,β-unsaturated/α-hetero) is 1. The molecule has 2 aliphatic rings. The second kappa shape index (κ2) is 8.90. The fraction of sp³-hybridized carbons (Fsp3) is 0.409. The summed E-state index contributed by atoms with van der Waals surface area (Å²) in [5.41, 5.74) is 4.73. The molecule has 4 rings (SSSR count). The fourth-order valence-electron chi connectivity index (χ4n) is 3.49. The Balaban J connectivity index is 0.000000176. The fourth-order valence-corrected chi connectivity index (χ4v) is 5.49. The predicted octanol–water partition coefficient (Wildman–Crippen LogP) is 6.07. The van der Waals surface area contributed by atoms with Crippen LogP contribution in [0.5, 0.6) is 0 Å². The van der Waals surface area contributed by atoms with Crippen molar-refractivity contribution in [2.75, 3.05) is 0 Å². The van der Waals surface area contributed by atoms with Crippen LogP contribution in [0.1, 0.15) is 66.7 Å². The van der Waals surface area contributed by atoms with E-state index in [1.807, 2.05) is 45.0 Å². The summed E-state index contributed by atoms with van der Waals surface area (Å²) in [6, 6.07) is 12.3. The first-order valence-electron chi connectivity index (χ1n) is 9.44. The van der Waals surface area contributed by atoms with Gasteiger partial charge in [-0.15, -0.1) is 0 Å². The summed E-state index contributed by atoms with van der Waals surface area (Å²) in [7, 11) is -1.01. The van der Waals surface area contributed by atoms with Crippen LogP contribution in [0.25, 0.3) is 0 Å². The zero-order valence-electron chi connectivity index (χ0n) is 16.4. The first-order valence-corrected chi connectivity index (χ1v) is 12.2. The quantitative estimate of drug-likeness (QED) is 0.516. The molecule has 0 heterocycles. The van der Waals surface area contributed by atoms with Crippen molar-refractivity contribution in [2.24, 2.45) is 0 Å². The van der Waals surface area contributed by atoms with Crippen LogP contribution >= 0.6 is 31.9 Å². The van der Waals surface area contributed by atoms with Gasteiger partial charge in [0.25, 0.3) is 0 Å². The normalized spacial score (nSPS) is 18.9. The van der Waals surface area contributed by atoms with E-state index in [1.54, 1.807) is 0 Å². The van der Waals surface area contributed by atoms with E-state index in [-0.39, 0.29) is 16.6 Å². The van der Waals surface area contributed by atoms with Crippen molar-refractivity contribution in [2.45, 2.75) is 57.2 Å². The number of rotatable bonds is 2. The van der Waals surface area contributed by atoms with Gasteiger partial charge in [-0.3, -0.25) is 4.79 Å².